The molecular weight excluding hydrogens is 476 g/mol. The molecule has 1 saturated heterocycles. The Morgan fingerprint density at radius 1 is 1.08 bits per heavy atom. The maximum absolute atomic E-state index is 13.5. The summed E-state index contributed by atoms with van der Waals surface area (Å²) >= 11 is 0. The van der Waals surface area contributed by atoms with Gasteiger partial charge in [-0.05, 0) is 56.9 Å². The summed E-state index contributed by atoms with van der Waals surface area (Å²) in [6.45, 7) is 8.47. The van der Waals surface area contributed by atoms with Gasteiger partial charge in [0.25, 0.3) is 5.91 Å². The maximum atomic E-state index is 13.5. The van der Waals surface area contributed by atoms with Gasteiger partial charge in [-0.2, -0.15) is 0 Å². The van der Waals surface area contributed by atoms with E-state index in [1.54, 1.807) is 13.8 Å². The van der Waals surface area contributed by atoms with E-state index in [9.17, 15) is 19.5 Å². The molecule has 0 saturated carbocycles. The summed E-state index contributed by atoms with van der Waals surface area (Å²) in [5.74, 6) is -1.94. The molecule has 0 unspecified atom stereocenters. The molecule has 0 bridgehead atoms. The third-order valence-corrected chi connectivity index (χ3v) is 6.63. The number of hydrogen-bond acceptors (Lipinski definition) is 6. The summed E-state index contributed by atoms with van der Waals surface area (Å²) in [6, 6.07) is 13.6. The van der Waals surface area contributed by atoms with Crippen LogP contribution in [0.5, 0.6) is 0 Å². The molecule has 0 aromatic heterocycles. The number of nitrogens with one attached hydrogen (secondary N) is 1. The molecule has 2 aromatic rings. The zero-order valence-electron chi connectivity index (χ0n) is 21.8. The number of rotatable bonds is 7. The minimum absolute atomic E-state index is 0.0803. The summed E-state index contributed by atoms with van der Waals surface area (Å²) in [6.07, 6.45) is -0.789. The van der Waals surface area contributed by atoms with Gasteiger partial charge in [0.05, 0.1) is 18.8 Å². The summed E-state index contributed by atoms with van der Waals surface area (Å²) in [7, 11) is 0. The van der Waals surface area contributed by atoms with Crippen LogP contribution in [0, 0.1) is 0 Å². The Morgan fingerprint density at radius 3 is 2.19 bits per heavy atom. The van der Waals surface area contributed by atoms with E-state index < -0.39 is 41.4 Å². The third-order valence-electron chi connectivity index (χ3n) is 6.63. The van der Waals surface area contributed by atoms with Gasteiger partial charge < -0.3 is 24.6 Å². The number of ether oxygens (including phenoxy) is 3. The monoisotopic (exact) mass is 510 g/mol. The van der Waals surface area contributed by atoms with Crippen LogP contribution in [-0.2, 0) is 23.8 Å². The molecule has 2 aromatic carbocycles. The molecule has 9 heteroatoms. The summed E-state index contributed by atoms with van der Waals surface area (Å²) in [5, 5.41) is 12.2. The van der Waals surface area contributed by atoms with Crippen molar-refractivity contribution < 1.29 is 33.7 Å². The smallest absolute Gasteiger partial charge is 0.407 e. The number of carbonyl (C=O) groups is 3. The van der Waals surface area contributed by atoms with Crippen LogP contribution >= 0.6 is 0 Å². The van der Waals surface area contributed by atoms with Crippen molar-refractivity contribution in [3.05, 3.63) is 59.7 Å². The van der Waals surface area contributed by atoms with Gasteiger partial charge in [-0.1, -0.05) is 48.5 Å². The predicted molar refractivity (Wildman–Crippen MR) is 136 cm³/mol. The fourth-order valence-electron chi connectivity index (χ4n) is 4.86. The molecule has 37 heavy (non-hydrogen) atoms. The van der Waals surface area contributed by atoms with E-state index in [0.29, 0.717) is 0 Å². The van der Waals surface area contributed by atoms with Crippen LogP contribution in [0.4, 0.5) is 4.79 Å². The first-order valence-corrected chi connectivity index (χ1v) is 12.3. The van der Waals surface area contributed by atoms with E-state index in [0.717, 1.165) is 27.2 Å². The van der Waals surface area contributed by atoms with Crippen LogP contribution in [-0.4, -0.2) is 71.2 Å². The van der Waals surface area contributed by atoms with E-state index in [1.807, 2.05) is 69.3 Å². The van der Waals surface area contributed by atoms with Crippen molar-refractivity contribution in [2.75, 3.05) is 19.8 Å². The van der Waals surface area contributed by atoms with E-state index in [2.05, 4.69) is 5.32 Å². The Kier molecular flexibility index (Phi) is 7.30. The number of hydrogen-bond donors (Lipinski definition) is 2. The Morgan fingerprint density at radius 2 is 1.65 bits per heavy atom. The highest BCUT2D eigenvalue weighted by Crippen LogP contribution is 2.44. The fraction of sp³-hybridized carbons (Fsp3) is 0.464. The molecule has 2 aliphatic rings. The van der Waals surface area contributed by atoms with E-state index >= 15 is 0 Å². The molecule has 1 aliphatic carbocycles. The van der Waals surface area contributed by atoms with Gasteiger partial charge >= 0.3 is 12.1 Å². The van der Waals surface area contributed by atoms with Crippen LogP contribution in [0.3, 0.4) is 0 Å². The van der Waals surface area contributed by atoms with Crippen molar-refractivity contribution in [2.24, 2.45) is 0 Å². The lowest BCUT2D eigenvalue weighted by Gasteiger charge is -2.35. The van der Waals surface area contributed by atoms with Gasteiger partial charge in [0.2, 0.25) is 0 Å². The summed E-state index contributed by atoms with van der Waals surface area (Å²) < 4.78 is 17.0. The van der Waals surface area contributed by atoms with E-state index in [1.165, 1.54) is 0 Å². The quantitative estimate of drug-likeness (QED) is 0.583. The maximum Gasteiger partial charge on any atom is 0.407 e. The second-order valence-electron chi connectivity index (χ2n) is 10.8. The largest absolute Gasteiger partial charge is 0.480 e. The van der Waals surface area contributed by atoms with E-state index in [4.69, 9.17) is 14.2 Å². The summed E-state index contributed by atoms with van der Waals surface area (Å²) in [4.78, 5) is 39.4. The number of carboxylic acid groups (broad SMARTS) is 1. The van der Waals surface area contributed by atoms with Crippen molar-refractivity contribution in [1.82, 2.24) is 10.2 Å². The first-order chi connectivity index (χ1) is 17.4. The Hall–Kier alpha value is -3.43. The number of amides is 2. The Labute approximate surface area is 216 Å². The minimum Gasteiger partial charge on any atom is -0.480 e. The van der Waals surface area contributed by atoms with Gasteiger partial charge in [0.15, 0.2) is 6.04 Å². The van der Waals surface area contributed by atoms with Crippen LogP contribution in [0.25, 0.3) is 11.1 Å². The van der Waals surface area contributed by atoms with Crippen molar-refractivity contribution >= 4 is 18.0 Å². The predicted octanol–water partition coefficient (Wildman–Crippen LogP) is 3.76. The molecule has 2 N–H and O–H groups in total. The average molecular weight is 511 g/mol. The van der Waals surface area contributed by atoms with Crippen molar-refractivity contribution in [2.45, 2.75) is 63.9 Å². The van der Waals surface area contributed by atoms with Crippen LogP contribution < -0.4 is 5.32 Å². The number of aliphatic carboxylic acids is 1. The zero-order chi connectivity index (χ0) is 27.0. The minimum atomic E-state index is -1.18. The fourth-order valence-corrected chi connectivity index (χ4v) is 4.86. The number of carboxylic acids is 1. The summed E-state index contributed by atoms with van der Waals surface area (Å²) in [5.41, 5.74) is 2.60. The van der Waals surface area contributed by atoms with Crippen molar-refractivity contribution in [3.8, 4) is 11.1 Å². The van der Waals surface area contributed by atoms with Gasteiger partial charge in [-0.25, -0.2) is 9.59 Å². The molecule has 1 heterocycles. The van der Waals surface area contributed by atoms with Crippen LogP contribution in [0.1, 0.15) is 51.7 Å². The second kappa shape index (κ2) is 10.1. The topological polar surface area (TPSA) is 114 Å². The molecule has 1 fully saturated rings. The lowest BCUT2D eigenvalue weighted by Crippen LogP contribution is -2.59. The number of benzene rings is 2. The molecule has 9 nitrogen and oxygen atoms in total. The molecule has 198 valence electrons. The highest BCUT2D eigenvalue weighted by molar-refractivity contribution is 5.90. The molecular formula is C28H34N2O7. The van der Waals surface area contributed by atoms with Gasteiger partial charge in [0, 0.05) is 5.92 Å². The van der Waals surface area contributed by atoms with Gasteiger partial charge in [-0.3, -0.25) is 9.69 Å². The first kappa shape index (κ1) is 26.6. The highest BCUT2D eigenvalue weighted by Gasteiger charge is 2.49. The molecule has 2 atom stereocenters. The van der Waals surface area contributed by atoms with Crippen LogP contribution in [0.15, 0.2) is 48.5 Å². The normalized spacial score (nSPS) is 19.2. The van der Waals surface area contributed by atoms with Crippen LogP contribution in [0.2, 0.25) is 0 Å². The van der Waals surface area contributed by atoms with Gasteiger partial charge in [0.1, 0.15) is 18.4 Å². The lowest BCUT2D eigenvalue weighted by atomic mass is 9.98. The SMILES string of the molecule is CC(C)(C)OC[C@@H](NC(=O)OCC1c2ccccc2-c2ccccc21)C(=O)N1[C@@H](C(=O)O)COC1(C)C. The number of alkyl carbamates (subject to hydrolysis) is 1. The van der Waals surface area contributed by atoms with E-state index in [-0.39, 0.29) is 25.7 Å². The molecule has 0 spiro atoms. The standard InChI is InChI=1S/C28H34N2O7/c1-27(2,3)36-15-22(24(31)30-23(25(32)33)16-37-28(30,4)5)29-26(34)35-14-21-19-12-8-6-10-17(19)18-11-7-9-13-20(18)21/h6-13,21-23H,14-16H2,1-5H3,(H,29,34)(H,32,33)/t22-,23-/m1/s1. The average Bonchev–Trinajstić information content (AvgIpc) is 3.33. The molecule has 4 rings (SSSR count). The highest BCUT2D eigenvalue weighted by atomic mass is 16.6. The van der Waals surface area contributed by atoms with Crippen molar-refractivity contribution in [1.29, 1.82) is 0 Å². The van der Waals surface area contributed by atoms with Gasteiger partial charge in [-0.15, -0.1) is 0 Å². The Bertz CT molecular complexity index is 1140. The Balaban J connectivity index is 1.50. The second-order valence-corrected chi connectivity index (χ2v) is 10.8. The number of fused-ring (bicyclic) bond motifs is 3. The lowest BCUT2D eigenvalue weighted by molar-refractivity contribution is -0.158. The number of nitrogens with zero attached hydrogens (tertiary/aromatic N) is 1. The molecule has 2 amide bonds. The number of carbonyl (C=O) groups excluding carboxylic acids is 2. The van der Waals surface area contributed by atoms with Crippen molar-refractivity contribution in [3.63, 3.8) is 0 Å². The zero-order valence-corrected chi connectivity index (χ0v) is 21.8. The molecule has 0 radical (unpaired) electrons. The first-order valence-electron chi connectivity index (χ1n) is 12.3. The molecule has 1 aliphatic heterocycles. The third kappa shape index (κ3) is 5.62.